The molecule has 3 saturated heterocycles. The van der Waals surface area contributed by atoms with Crippen LogP contribution in [0.15, 0.2) is 54.6 Å². The molecule has 60 heavy (non-hydrogen) atoms. The van der Waals surface area contributed by atoms with E-state index in [9.17, 15) is 24.3 Å². The third kappa shape index (κ3) is 9.75. The first-order valence-electron chi connectivity index (χ1n) is 22.3. The number of amides is 4. The molecule has 3 aromatic rings. The normalized spacial score (nSPS) is 19.9. The molecule has 4 amide bonds. The van der Waals surface area contributed by atoms with E-state index >= 15 is 0 Å². The van der Waals surface area contributed by atoms with Crippen LogP contribution in [0.1, 0.15) is 83.9 Å². The van der Waals surface area contributed by atoms with Gasteiger partial charge in [-0.05, 0) is 148 Å². The largest absolute Gasteiger partial charge is 0.507 e. The predicted octanol–water partition coefficient (Wildman–Crippen LogP) is 6.79. The van der Waals surface area contributed by atoms with Gasteiger partial charge in [0.1, 0.15) is 12.4 Å². The van der Waals surface area contributed by atoms with E-state index in [0.717, 1.165) is 80.4 Å². The first-order chi connectivity index (χ1) is 29.1. The summed E-state index contributed by atoms with van der Waals surface area (Å²) in [5, 5.41) is 13.5. The molecule has 320 valence electrons. The van der Waals surface area contributed by atoms with Crippen LogP contribution in [0, 0.1) is 25.7 Å². The van der Waals surface area contributed by atoms with E-state index in [0.29, 0.717) is 81.7 Å². The van der Waals surface area contributed by atoms with Gasteiger partial charge in [0.25, 0.3) is 5.91 Å². The lowest BCUT2D eigenvalue weighted by atomic mass is 9.78. The van der Waals surface area contributed by atoms with Gasteiger partial charge in [-0.25, -0.2) is 9.59 Å². The number of likely N-dealkylation sites (tertiary alicyclic amines) is 3. The van der Waals surface area contributed by atoms with E-state index in [1.807, 2.05) is 60.0 Å². The molecule has 1 atom stereocenters. The van der Waals surface area contributed by atoms with Crippen molar-refractivity contribution in [1.29, 1.82) is 0 Å². The fourth-order valence-corrected chi connectivity index (χ4v) is 10.3. The molecule has 0 saturated carbocycles. The van der Waals surface area contributed by atoms with E-state index < -0.39 is 12.2 Å². The second-order valence-electron chi connectivity index (χ2n) is 17.8. The van der Waals surface area contributed by atoms with Gasteiger partial charge in [0.05, 0.1) is 6.54 Å². The van der Waals surface area contributed by atoms with Crippen LogP contribution in [0.4, 0.5) is 15.3 Å². The summed E-state index contributed by atoms with van der Waals surface area (Å²) < 4.78 is 11.8. The number of hydrogen-bond acceptors (Lipinski definition) is 8. The number of benzene rings is 3. The lowest BCUT2D eigenvalue weighted by molar-refractivity contribution is -0.146. The number of piperidine rings is 3. The maximum absolute atomic E-state index is 14.3. The Balaban J connectivity index is 0.819. The Morgan fingerprint density at radius 2 is 1.42 bits per heavy atom. The molecule has 0 aromatic heterocycles. The van der Waals surface area contributed by atoms with E-state index in [4.69, 9.17) is 9.47 Å². The highest BCUT2D eigenvalue weighted by atomic mass is 16.6. The Hall–Kier alpha value is -5.10. The van der Waals surface area contributed by atoms with Gasteiger partial charge in [-0.3, -0.25) is 14.5 Å². The van der Waals surface area contributed by atoms with E-state index in [1.54, 1.807) is 4.90 Å². The average molecular weight is 820 g/mol. The minimum absolute atomic E-state index is 0.000812. The summed E-state index contributed by atoms with van der Waals surface area (Å²) in [4.78, 5) is 61.6. The zero-order valence-electron chi connectivity index (χ0n) is 35.3. The Morgan fingerprint density at radius 3 is 2.15 bits per heavy atom. The molecule has 2 N–H and O–H groups in total. The molecule has 3 fully saturated rings. The molecule has 12 heteroatoms. The number of fused-ring (bicyclic) bond motifs is 2. The van der Waals surface area contributed by atoms with Crippen molar-refractivity contribution in [1.82, 2.24) is 19.6 Å². The number of esters is 1. The van der Waals surface area contributed by atoms with Crippen LogP contribution in [0.5, 0.6) is 5.75 Å². The second-order valence-corrected chi connectivity index (χ2v) is 17.8. The van der Waals surface area contributed by atoms with Gasteiger partial charge in [0, 0.05) is 50.9 Å². The number of aromatic hydroxyl groups is 1. The summed E-state index contributed by atoms with van der Waals surface area (Å²) in [5.74, 6) is 0.895. The van der Waals surface area contributed by atoms with Gasteiger partial charge in [-0.15, -0.1) is 0 Å². The summed E-state index contributed by atoms with van der Waals surface area (Å²) in [6, 6.07) is 17.9. The van der Waals surface area contributed by atoms with Gasteiger partial charge in [-0.2, -0.15) is 0 Å². The lowest BCUT2D eigenvalue weighted by Gasteiger charge is -2.41. The topological polar surface area (TPSA) is 132 Å². The van der Waals surface area contributed by atoms with Crippen molar-refractivity contribution in [2.24, 2.45) is 11.8 Å². The zero-order chi connectivity index (χ0) is 41.8. The number of para-hydroxylation sites is 1. The van der Waals surface area contributed by atoms with Crippen molar-refractivity contribution in [2.75, 3.05) is 57.7 Å². The fourth-order valence-electron chi connectivity index (χ4n) is 10.3. The molecule has 3 aromatic carbocycles. The van der Waals surface area contributed by atoms with Gasteiger partial charge in [0.15, 0.2) is 6.10 Å². The highest BCUT2D eigenvalue weighted by Crippen LogP contribution is 2.34. The number of ether oxygens (including phenoxy) is 2. The minimum Gasteiger partial charge on any atom is -0.507 e. The SMILES string of the molecule is Cc1cc(C[C@@H](OC(=O)N2CCC(N3CCc4ccccc4NC3=O)CC2)C(=O)N2CCC(C3CCN(CC(=O)OCc4ccc5c(c4)CCC5)CC3)CC2)cc(C)c1O. The predicted molar refractivity (Wildman–Crippen MR) is 229 cm³/mol. The van der Waals surface area contributed by atoms with Gasteiger partial charge in [-0.1, -0.05) is 48.5 Å². The summed E-state index contributed by atoms with van der Waals surface area (Å²) in [6.07, 6.45) is 7.98. The van der Waals surface area contributed by atoms with Gasteiger partial charge < -0.3 is 34.6 Å². The van der Waals surface area contributed by atoms with Gasteiger partial charge in [0.2, 0.25) is 0 Å². The molecule has 5 aliphatic rings. The van der Waals surface area contributed by atoms with Crippen LogP contribution in [0.2, 0.25) is 0 Å². The number of phenols is 1. The minimum atomic E-state index is -1.00. The van der Waals surface area contributed by atoms with Crippen molar-refractivity contribution >= 4 is 29.7 Å². The number of rotatable bonds is 10. The molecule has 0 bridgehead atoms. The Morgan fingerprint density at radius 1 is 0.750 bits per heavy atom. The number of hydrogen-bond donors (Lipinski definition) is 2. The molecule has 0 radical (unpaired) electrons. The highest BCUT2D eigenvalue weighted by Gasteiger charge is 2.37. The third-order valence-corrected chi connectivity index (χ3v) is 13.9. The maximum Gasteiger partial charge on any atom is 0.410 e. The smallest absolute Gasteiger partial charge is 0.410 e. The standard InChI is InChI=1S/C48H61N5O7/c1-32-26-35(27-33(2)45(32)55)29-43(60-48(58)52-23-17-41(18-24-52)53-25-16-39-6-3-4-9-42(39)49-47(53)57)46(56)51-21-14-38(15-22-51)37-12-19-50(20-13-37)30-44(54)59-31-34-10-11-36-7-5-8-40(36)28-34/h3-4,6,9-11,26-28,37-38,41,43,55H,5,7-8,12-25,29-31H2,1-2H3,(H,49,57)/t43-/m1/s1. The monoisotopic (exact) mass is 819 g/mol. The van der Waals surface area contributed by atoms with E-state index in [1.165, 1.54) is 17.5 Å². The Labute approximate surface area is 354 Å². The van der Waals surface area contributed by atoms with Crippen LogP contribution in [-0.4, -0.2) is 113 Å². The van der Waals surface area contributed by atoms with Crippen molar-refractivity contribution in [3.63, 3.8) is 0 Å². The molecule has 0 spiro atoms. The quantitative estimate of drug-likeness (QED) is 0.214. The van der Waals surface area contributed by atoms with Crippen molar-refractivity contribution in [3.05, 3.63) is 93.5 Å². The molecule has 4 aliphatic heterocycles. The van der Waals surface area contributed by atoms with Gasteiger partial charge >= 0.3 is 18.1 Å². The summed E-state index contributed by atoms with van der Waals surface area (Å²) >= 11 is 0. The summed E-state index contributed by atoms with van der Waals surface area (Å²) in [7, 11) is 0. The van der Waals surface area contributed by atoms with Crippen LogP contribution < -0.4 is 5.32 Å². The first-order valence-corrected chi connectivity index (χ1v) is 22.3. The first kappa shape index (κ1) is 41.6. The van der Waals surface area contributed by atoms with Crippen LogP contribution in [-0.2, 0) is 51.4 Å². The van der Waals surface area contributed by atoms with Crippen molar-refractivity contribution in [3.8, 4) is 5.75 Å². The second kappa shape index (κ2) is 18.7. The summed E-state index contributed by atoms with van der Waals surface area (Å²) in [5.41, 5.74) is 8.09. The highest BCUT2D eigenvalue weighted by molar-refractivity contribution is 5.91. The van der Waals surface area contributed by atoms with E-state index in [2.05, 4.69) is 28.4 Å². The fraction of sp³-hybridized carbons (Fsp3) is 0.542. The van der Waals surface area contributed by atoms with Crippen molar-refractivity contribution in [2.45, 2.75) is 103 Å². The number of anilines is 1. The molecular formula is C48H61N5O7. The van der Waals surface area contributed by atoms with Crippen LogP contribution in [0.3, 0.4) is 0 Å². The maximum atomic E-state index is 14.3. The molecular weight excluding hydrogens is 759 g/mol. The van der Waals surface area contributed by atoms with E-state index in [-0.39, 0.29) is 36.1 Å². The zero-order valence-corrected chi connectivity index (χ0v) is 35.3. The number of carbonyl (C=O) groups is 4. The Kier molecular flexibility index (Phi) is 12.9. The number of urea groups is 1. The number of nitrogens with zero attached hydrogens (tertiary/aromatic N) is 4. The molecule has 8 rings (SSSR count). The lowest BCUT2D eigenvalue weighted by Crippen LogP contribution is -2.52. The molecule has 1 aliphatic carbocycles. The average Bonchev–Trinajstić information content (AvgIpc) is 3.66. The van der Waals surface area contributed by atoms with Crippen LogP contribution in [0.25, 0.3) is 0 Å². The molecule has 0 unspecified atom stereocenters. The molecule has 12 nitrogen and oxygen atoms in total. The molecule has 4 heterocycles. The number of carbonyl (C=O) groups excluding carboxylic acids is 4. The Bertz CT molecular complexity index is 2020. The van der Waals surface area contributed by atoms with Crippen molar-refractivity contribution < 1.29 is 33.8 Å². The number of aryl methyl sites for hydroxylation is 4. The number of phenolic OH excluding ortho intramolecular Hbond substituents is 1. The van der Waals surface area contributed by atoms with Crippen LogP contribution >= 0.6 is 0 Å². The third-order valence-electron chi connectivity index (χ3n) is 13.9. The summed E-state index contributed by atoms with van der Waals surface area (Å²) in [6.45, 7) is 8.70. The number of nitrogens with one attached hydrogen (secondary N) is 1.